The molecule has 1 aliphatic carbocycles. The van der Waals surface area contributed by atoms with E-state index in [4.69, 9.17) is 10.5 Å². The van der Waals surface area contributed by atoms with Crippen molar-refractivity contribution in [3.63, 3.8) is 0 Å². The number of hydrogen-bond donors (Lipinski definition) is 2. The number of alkyl carbamates (subject to hydrolysis) is 1. The fourth-order valence-electron chi connectivity index (χ4n) is 3.65. The number of aromatic nitrogens is 1. The van der Waals surface area contributed by atoms with Gasteiger partial charge in [0, 0.05) is 12.5 Å². The van der Waals surface area contributed by atoms with Crippen LogP contribution < -0.4 is 11.1 Å². The number of carbonyl (C=O) groups is 1. The van der Waals surface area contributed by atoms with Gasteiger partial charge in [-0.15, -0.1) is 0 Å². The lowest BCUT2D eigenvalue weighted by Crippen LogP contribution is -2.26. The van der Waals surface area contributed by atoms with Gasteiger partial charge in [-0.2, -0.15) is 0 Å². The van der Waals surface area contributed by atoms with Gasteiger partial charge in [-0.25, -0.2) is 4.79 Å². The number of fused-ring (bicyclic) bond motifs is 3. The van der Waals surface area contributed by atoms with Gasteiger partial charge in [0.2, 0.25) is 0 Å². The van der Waals surface area contributed by atoms with Gasteiger partial charge in [0.25, 0.3) is 0 Å². The molecule has 4 rings (SSSR count). The summed E-state index contributed by atoms with van der Waals surface area (Å²) >= 11 is 0. The molecule has 0 fully saturated rings. The molecule has 146 valence electrons. The average molecular weight is 385 g/mol. The summed E-state index contributed by atoms with van der Waals surface area (Å²) in [6, 6.07) is 18.5. The molecule has 0 spiro atoms. The minimum absolute atomic E-state index is 0.0608. The van der Waals surface area contributed by atoms with Crippen molar-refractivity contribution in [2.45, 2.75) is 12.8 Å². The van der Waals surface area contributed by atoms with Gasteiger partial charge in [0.15, 0.2) is 0 Å². The third-order valence-electron chi connectivity index (χ3n) is 5.17. The molecule has 1 aliphatic rings. The van der Waals surface area contributed by atoms with E-state index in [1.54, 1.807) is 6.20 Å². The topological polar surface area (TPSA) is 77.2 Å². The van der Waals surface area contributed by atoms with Gasteiger partial charge in [-0.1, -0.05) is 54.6 Å². The molecule has 1 amide bonds. The molecule has 0 unspecified atom stereocenters. The number of nitrogens with one attached hydrogen (secondary N) is 1. The fourth-order valence-corrected chi connectivity index (χ4v) is 3.65. The maximum atomic E-state index is 12.1. The lowest BCUT2D eigenvalue weighted by atomic mass is 9.98. The Bertz CT molecular complexity index is 1030. The van der Waals surface area contributed by atoms with Gasteiger partial charge in [0.05, 0.1) is 17.6 Å². The normalized spacial score (nSPS) is 12.6. The standard InChI is InChI=1S/C24H23N3O2/c1-16-13-17(27-14-23(16)25)7-6-12-26-24(28)29-15-22-20-10-4-2-8-18(20)19-9-3-5-11-21(19)22/h2-11,13-14,22H,12,15,25H2,1H3,(H,26,28). The van der Waals surface area contributed by atoms with E-state index in [0.717, 1.165) is 11.3 Å². The Morgan fingerprint density at radius 2 is 1.79 bits per heavy atom. The van der Waals surface area contributed by atoms with Crippen LogP contribution in [-0.4, -0.2) is 24.2 Å². The Labute approximate surface area is 170 Å². The lowest BCUT2D eigenvalue weighted by Gasteiger charge is -2.14. The predicted octanol–water partition coefficient (Wildman–Crippen LogP) is 4.52. The van der Waals surface area contributed by atoms with E-state index in [9.17, 15) is 4.79 Å². The second kappa shape index (κ2) is 8.19. The van der Waals surface area contributed by atoms with Gasteiger partial charge in [0.1, 0.15) is 6.61 Å². The van der Waals surface area contributed by atoms with Crippen LogP contribution in [0.3, 0.4) is 0 Å². The molecule has 5 nitrogen and oxygen atoms in total. The number of ether oxygens (including phenoxy) is 1. The fraction of sp³-hybridized carbons (Fsp3) is 0.167. The molecule has 1 aromatic heterocycles. The summed E-state index contributed by atoms with van der Waals surface area (Å²) < 4.78 is 5.51. The average Bonchev–Trinajstić information content (AvgIpc) is 3.06. The number of nitrogen functional groups attached to an aromatic ring is 1. The first-order valence-corrected chi connectivity index (χ1v) is 9.61. The van der Waals surface area contributed by atoms with E-state index in [2.05, 4.69) is 34.6 Å². The quantitative estimate of drug-likeness (QED) is 0.677. The molecule has 2 aromatic carbocycles. The molecular formula is C24H23N3O2. The van der Waals surface area contributed by atoms with Crippen LogP contribution >= 0.6 is 0 Å². The number of carbonyl (C=O) groups excluding carboxylic acids is 1. The first-order chi connectivity index (χ1) is 14.1. The van der Waals surface area contributed by atoms with Crippen molar-refractivity contribution in [2.24, 2.45) is 0 Å². The van der Waals surface area contributed by atoms with Crippen LogP contribution in [0.15, 0.2) is 66.9 Å². The largest absolute Gasteiger partial charge is 0.449 e. The number of rotatable bonds is 5. The summed E-state index contributed by atoms with van der Waals surface area (Å²) in [7, 11) is 0. The monoisotopic (exact) mass is 385 g/mol. The number of aryl methyl sites for hydroxylation is 1. The zero-order valence-corrected chi connectivity index (χ0v) is 16.3. The molecule has 0 radical (unpaired) electrons. The molecule has 3 aromatic rings. The Morgan fingerprint density at radius 3 is 2.45 bits per heavy atom. The first kappa shape index (κ1) is 18.7. The smallest absolute Gasteiger partial charge is 0.407 e. The van der Waals surface area contributed by atoms with Crippen molar-refractivity contribution in [1.29, 1.82) is 0 Å². The van der Waals surface area contributed by atoms with Crippen molar-refractivity contribution in [3.8, 4) is 11.1 Å². The van der Waals surface area contributed by atoms with E-state index in [0.29, 0.717) is 18.8 Å². The van der Waals surface area contributed by atoms with Crippen molar-refractivity contribution in [2.75, 3.05) is 18.9 Å². The number of amides is 1. The zero-order valence-electron chi connectivity index (χ0n) is 16.3. The first-order valence-electron chi connectivity index (χ1n) is 9.61. The van der Waals surface area contributed by atoms with Crippen LogP contribution in [0.2, 0.25) is 0 Å². The van der Waals surface area contributed by atoms with Crippen LogP contribution in [-0.2, 0) is 4.74 Å². The highest BCUT2D eigenvalue weighted by molar-refractivity contribution is 5.79. The number of hydrogen-bond acceptors (Lipinski definition) is 4. The number of pyridine rings is 1. The Balaban J connectivity index is 1.33. The second-order valence-electron chi connectivity index (χ2n) is 7.07. The maximum Gasteiger partial charge on any atom is 0.407 e. The van der Waals surface area contributed by atoms with Crippen molar-refractivity contribution < 1.29 is 9.53 Å². The molecule has 0 atom stereocenters. The third-order valence-corrected chi connectivity index (χ3v) is 5.17. The van der Waals surface area contributed by atoms with E-state index >= 15 is 0 Å². The van der Waals surface area contributed by atoms with Gasteiger partial charge < -0.3 is 15.8 Å². The van der Waals surface area contributed by atoms with Crippen LogP contribution in [0.5, 0.6) is 0 Å². The van der Waals surface area contributed by atoms with E-state index in [1.165, 1.54) is 22.3 Å². The van der Waals surface area contributed by atoms with Gasteiger partial charge in [-0.3, -0.25) is 4.98 Å². The highest BCUT2D eigenvalue weighted by Crippen LogP contribution is 2.44. The van der Waals surface area contributed by atoms with Crippen LogP contribution in [0.4, 0.5) is 10.5 Å². The highest BCUT2D eigenvalue weighted by atomic mass is 16.5. The van der Waals surface area contributed by atoms with E-state index in [1.807, 2.05) is 49.4 Å². The SMILES string of the molecule is Cc1cc(C=CCNC(=O)OCC2c3ccccc3-c3ccccc32)ncc1N. The number of anilines is 1. The molecule has 0 saturated heterocycles. The number of benzene rings is 2. The van der Waals surface area contributed by atoms with Crippen molar-refractivity contribution >= 4 is 17.9 Å². The zero-order chi connectivity index (χ0) is 20.2. The molecule has 0 saturated carbocycles. The maximum absolute atomic E-state index is 12.1. The molecule has 1 heterocycles. The van der Waals surface area contributed by atoms with Crippen LogP contribution in [0.25, 0.3) is 17.2 Å². The van der Waals surface area contributed by atoms with Gasteiger partial charge in [-0.05, 0) is 46.9 Å². The lowest BCUT2D eigenvalue weighted by molar-refractivity contribution is 0.144. The van der Waals surface area contributed by atoms with Crippen molar-refractivity contribution in [1.82, 2.24) is 10.3 Å². The number of nitrogens with zero attached hydrogens (tertiary/aromatic N) is 1. The Kier molecular flexibility index (Phi) is 5.29. The van der Waals surface area contributed by atoms with Crippen molar-refractivity contribution in [3.05, 3.63) is 89.3 Å². The van der Waals surface area contributed by atoms with Crippen LogP contribution in [0, 0.1) is 6.92 Å². The second-order valence-corrected chi connectivity index (χ2v) is 7.07. The van der Waals surface area contributed by atoms with E-state index < -0.39 is 6.09 Å². The summed E-state index contributed by atoms with van der Waals surface area (Å²) in [4.78, 5) is 16.4. The molecule has 29 heavy (non-hydrogen) atoms. The highest BCUT2D eigenvalue weighted by Gasteiger charge is 2.28. The van der Waals surface area contributed by atoms with Gasteiger partial charge >= 0.3 is 6.09 Å². The minimum atomic E-state index is -0.432. The molecular weight excluding hydrogens is 362 g/mol. The molecule has 5 heteroatoms. The molecule has 0 bridgehead atoms. The van der Waals surface area contributed by atoms with Crippen LogP contribution in [0.1, 0.15) is 28.3 Å². The summed E-state index contributed by atoms with van der Waals surface area (Å²) in [6.07, 6.45) is 4.88. The summed E-state index contributed by atoms with van der Waals surface area (Å²) in [5, 5.41) is 2.75. The molecule has 0 aliphatic heterocycles. The summed E-state index contributed by atoms with van der Waals surface area (Å²) in [6.45, 7) is 2.60. The number of nitrogens with two attached hydrogens (primary N) is 1. The summed E-state index contributed by atoms with van der Waals surface area (Å²) in [5.74, 6) is 0.0608. The minimum Gasteiger partial charge on any atom is -0.449 e. The Hall–Kier alpha value is -3.60. The summed E-state index contributed by atoms with van der Waals surface area (Å²) in [5.41, 5.74) is 13.0. The van der Waals surface area contributed by atoms with E-state index in [-0.39, 0.29) is 5.92 Å². The Morgan fingerprint density at radius 1 is 1.14 bits per heavy atom. The third kappa shape index (κ3) is 3.99. The molecule has 3 N–H and O–H groups in total. The predicted molar refractivity (Wildman–Crippen MR) is 115 cm³/mol.